The Morgan fingerprint density at radius 3 is 2.38 bits per heavy atom. The SMILES string of the molecule is N#CCC1=CC(F)(F)C=CC1(F)F. The first-order valence-corrected chi connectivity index (χ1v) is 3.42. The van der Waals surface area contributed by atoms with Crippen molar-refractivity contribution in [1.82, 2.24) is 0 Å². The van der Waals surface area contributed by atoms with Gasteiger partial charge < -0.3 is 0 Å². The molecule has 0 fully saturated rings. The fourth-order valence-electron chi connectivity index (χ4n) is 0.953. The highest BCUT2D eigenvalue weighted by atomic mass is 19.3. The van der Waals surface area contributed by atoms with E-state index in [-0.39, 0.29) is 18.2 Å². The lowest BCUT2D eigenvalue weighted by Gasteiger charge is -2.21. The molecule has 0 aliphatic heterocycles. The molecular weight excluding hydrogens is 186 g/mol. The molecule has 0 amide bonds. The highest BCUT2D eigenvalue weighted by molar-refractivity contribution is 5.33. The van der Waals surface area contributed by atoms with E-state index in [4.69, 9.17) is 5.26 Å². The van der Waals surface area contributed by atoms with E-state index in [9.17, 15) is 17.6 Å². The van der Waals surface area contributed by atoms with Gasteiger partial charge in [0.05, 0.1) is 12.5 Å². The van der Waals surface area contributed by atoms with Crippen molar-refractivity contribution in [3.8, 4) is 6.07 Å². The molecule has 5 heteroatoms. The van der Waals surface area contributed by atoms with Crippen molar-refractivity contribution >= 4 is 0 Å². The first-order valence-electron chi connectivity index (χ1n) is 3.42. The van der Waals surface area contributed by atoms with Crippen LogP contribution in [0.1, 0.15) is 6.42 Å². The number of alkyl halides is 4. The summed E-state index contributed by atoms with van der Waals surface area (Å²) in [6.45, 7) is 0. The second kappa shape index (κ2) is 2.87. The van der Waals surface area contributed by atoms with Gasteiger partial charge in [-0.15, -0.1) is 0 Å². The topological polar surface area (TPSA) is 23.8 Å². The molecule has 0 saturated carbocycles. The van der Waals surface area contributed by atoms with Gasteiger partial charge in [0.2, 0.25) is 0 Å². The molecule has 0 aromatic heterocycles. The van der Waals surface area contributed by atoms with Gasteiger partial charge in [-0.1, -0.05) is 0 Å². The number of rotatable bonds is 1. The zero-order valence-corrected chi connectivity index (χ0v) is 6.40. The molecule has 0 aromatic carbocycles. The summed E-state index contributed by atoms with van der Waals surface area (Å²) in [4.78, 5) is 0. The van der Waals surface area contributed by atoms with Crippen LogP contribution in [0.2, 0.25) is 0 Å². The van der Waals surface area contributed by atoms with Crippen LogP contribution in [0.5, 0.6) is 0 Å². The minimum atomic E-state index is -3.42. The van der Waals surface area contributed by atoms with Crippen LogP contribution in [0.25, 0.3) is 0 Å². The van der Waals surface area contributed by atoms with E-state index in [1.54, 1.807) is 0 Å². The molecule has 13 heavy (non-hydrogen) atoms. The fourth-order valence-corrected chi connectivity index (χ4v) is 0.953. The molecule has 0 saturated heterocycles. The maximum absolute atomic E-state index is 12.8. The molecule has 0 radical (unpaired) electrons. The minimum Gasteiger partial charge on any atom is -0.198 e. The first-order chi connectivity index (χ1) is 5.87. The predicted octanol–water partition coefficient (Wildman–Crippen LogP) is 2.67. The largest absolute Gasteiger partial charge is 0.289 e. The summed E-state index contributed by atoms with van der Waals surface area (Å²) < 4.78 is 50.5. The van der Waals surface area contributed by atoms with Crippen molar-refractivity contribution in [2.45, 2.75) is 18.3 Å². The summed E-state index contributed by atoms with van der Waals surface area (Å²) in [5, 5.41) is 8.13. The maximum atomic E-state index is 12.8. The smallest absolute Gasteiger partial charge is 0.198 e. The van der Waals surface area contributed by atoms with E-state index in [0.717, 1.165) is 0 Å². The molecule has 1 aliphatic rings. The second-order valence-electron chi connectivity index (χ2n) is 2.64. The van der Waals surface area contributed by atoms with E-state index >= 15 is 0 Å². The van der Waals surface area contributed by atoms with E-state index in [1.165, 1.54) is 6.07 Å². The molecular formula is C8H5F4N. The lowest BCUT2D eigenvalue weighted by molar-refractivity contribution is 0.0598. The lowest BCUT2D eigenvalue weighted by Crippen LogP contribution is -2.25. The quantitative estimate of drug-likeness (QED) is 0.461. The molecule has 1 nitrogen and oxygen atoms in total. The monoisotopic (exact) mass is 191 g/mol. The van der Waals surface area contributed by atoms with Crippen LogP contribution in [-0.2, 0) is 0 Å². The molecule has 0 unspecified atom stereocenters. The van der Waals surface area contributed by atoms with E-state index < -0.39 is 23.8 Å². The summed E-state index contributed by atoms with van der Waals surface area (Å²) in [5.74, 6) is -6.79. The van der Waals surface area contributed by atoms with Crippen molar-refractivity contribution in [3.05, 3.63) is 23.8 Å². The van der Waals surface area contributed by atoms with Crippen LogP contribution in [0.15, 0.2) is 23.8 Å². The molecule has 0 bridgehead atoms. The van der Waals surface area contributed by atoms with Gasteiger partial charge in [0, 0.05) is 5.57 Å². The van der Waals surface area contributed by atoms with E-state index in [0.29, 0.717) is 0 Å². The highest BCUT2D eigenvalue weighted by Gasteiger charge is 2.39. The molecule has 70 valence electrons. The average molecular weight is 191 g/mol. The number of halogens is 4. The van der Waals surface area contributed by atoms with Crippen molar-refractivity contribution in [2.24, 2.45) is 0 Å². The summed E-state index contributed by atoms with van der Waals surface area (Å²) in [6, 6.07) is 1.42. The highest BCUT2D eigenvalue weighted by Crippen LogP contribution is 2.36. The summed E-state index contributed by atoms with van der Waals surface area (Å²) >= 11 is 0. The van der Waals surface area contributed by atoms with Gasteiger partial charge in [-0.05, 0) is 18.2 Å². The number of hydrogen-bond acceptors (Lipinski definition) is 1. The third-order valence-electron chi connectivity index (χ3n) is 1.58. The van der Waals surface area contributed by atoms with Crippen molar-refractivity contribution in [3.63, 3.8) is 0 Å². The molecule has 0 N–H and O–H groups in total. The summed E-state index contributed by atoms with van der Waals surface area (Å²) in [5.41, 5.74) is -0.845. The van der Waals surface area contributed by atoms with Gasteiger partial charge in [0.15, 0.2) is 0 Å². The Labute approximate surface area is 72.0 Å². The molecule has 0 heterocycles. The van der Waals surface area contributed by atoms with Crippen LogP contribution < -0.4 is 0 Å². The zero-order valence-electron chi connectivity index (χ0n) is 6.40. The summed E-state index contributed by atoms with van der Waals surface area (Å²) in [7, 11) is 0. The molecule has 0 atom stereocenters. The number of nitrogens with zero attached hydrogens (tertiary/aromatic N) is 1. The van der Waals surface area contributed by atoms with Crippen LogP contribution >= 0.6 is 0 Å². The zero-order chi connectivity index (χ0) is 10.1. The van der Waals surface area contributed by atoms with Crippen molar-refractivity contribution < 1.29 is 17.6 Å². The van der Waals surface area contributed by atoms with Crippen molar-refractivity contribution in [2.75, 3.05) is 0 Å². The Morgan fingerprint density at radius 2 is 1.85 bits per heavy atom. The normalized spacial score (nSPS) is 23.5. The Balaban J connectivity index is 3.01. The third kappa shape index (κ3) is 2.08. The molecule has 1 aliphatic carbocycles. The Kier molecular flexibility index (Phi) is 2.16. The second-order valence-corrected chi connectivity index (χ2v) is 2.64. The fraction of sp³-hybridized carbons (Fsp3) is 0.375. The van der Waals surface area contributed by atoms with Gasteiger partial charge in [-0.25, -0.2) is 0 Å². The minimum absolute atomic E-state index is 0.125. The number of allylic oxidation sites excluding steroid dienone is 4. The molecule has 0 spiro atoms. The molecule has 0 aromatic rings. The standard InChI is InChI=1S/C8H5F4N/c9-7(10)2-3-8(11,12)6(5-7)1-4-13/h2-3,5H,1H2. The maximum Gasteiger partial charge on any atom is 0.289 e. The number of nitriles is 1. The molecule has 1 rings (SSSR count). The number of hydrogen-bond donors (Lipinski definition) is 0. The van der Waals surface area contributed by atoms with Crippen LogP contribution in [0.3, 0.4) is 0 Å². The van der Waals surface area contributed by atoms with Gasteiger partial charge in [-0.3, -0.25) is 0 Å². The van der Waals surface area contributed by atoms with E-state index in [1.807, 2.05) is 0 Å². The third-order valence-corrected chi connectivity index (χ3v) is 1.58. The van der Waals surface area contributed by atoms with Gasteiger partial charge in [0.25, 0.3) is 11.8 Å². The predicted molar refractivity (Wildman–Crippen MR) is 37.3 cm³/mol. The lowest BCUT2D eigenvalue weighted by atomic mass is 9.98. The van der Waals surface area contributed by atoms with Crippen LogP contribution in [0, 0.1) is 11.3 Å². The Hall–Kier alpha value is -1.31. The van der Waals surface area contributed by atoms with E-state index in [2.05, 4.69) is 0 Å². The van der Waals surface area contributed by atoms with Gasteiger partial charge >= 0.3 is 0 Å². The van der Waals surface area contributed by atoms with Crippen molar-refractivity contribution in [1.29, 1.82) is 5.26 Å². The van der Waals surface area contributed by atoms with Crippen LogP contribution in [0.4, 0.5) is 17.6 Å². The summed E-state index contributed by atoms with van der Waals surface area (Å²) in [6.07, 6.45) is -0.295. The van der Waals surface area contributed by atoms with Crippen LogP contribution in [-0.4, -0.2) is 11.8 Å². The first kappa shape index (κ1) is 9.78. The Bertz CT molecular complexity index is 309. The average Bonchev–Trinajstić information content (AvgIpc) is 1.99. The Morgan fingerprint density at radius 1 is 1.23 bits per heavy atom. The van der Waals surface area contributed by atoms with Gasteiger partial charge in [0.1, 0.15) is 0 Å². The van der Waals surface area contributed by atoms with Gasteiger partial charge in [-0.2, -0.15) is 22.8 Å².